The Hall–Kier alpha value is -2.06. The maximum Gasteiger partial charge on any atom is 0.240 e. The van der Waals surface area contributed by atoms with Gasteiger partial charge in [0.25, 0.3) is 0 Å². The number of ether oxygens (including phenoxy) is 2. The summed E-state index contributed by atoms with van der Waals surface area (Å²) in [4.78, 5) is 4.50. The Labute approximate surface area is 134 Å². The van der Waals surface area contributed by atoms with Gasteiger partial charge in [-0.3, -0.25) is 0 Å². The van der Waals surface area contributed by atoms with Crippen LogP contribution in [0.4, 0.5) is 0 Å². The molecular formula is C15H17N3O4S. The van der Waals surface area contributed by atoms with Crippen LogP contribution in [0.5, 0.6) is 11.5 Å². The zero-order valence-corrected chi connectivity index (χ0v) is 13.3. The number of imidazole rings is 1. The van der Waals surface area contributed by atoms with Crippen molar-refractivity contribution in [2.75, 3.05) is 13.3 Å². The number of nitrogens with zero attached hydrogens (tertiary/aromatic N) is 2. The van der Waals surface area contributed by atoms with E-state index < -0.39 is 10.0 Å². The Morgan fingerprint density at radius 1 is 1.30 bits per heavy atom. The van der Waals surface area contributed by atoms with Gasteiger partial charge in [-0.15, -0.1) is 0 Å². The quantitative estimate of drug-likeness (QED) is 0.906. The van der Waals surface area contributed by atoms with Crippen LogP contribution in [-0.4, -0.2) is 31.3 Å². The maximum absolute atomic E-state index is 12.4. The first-order valence-electron chi connectivity index (χ1n) is 7.51. The molecule has 0 amide bonds. The molecule has 3 heterocycles. The Morgan fingerprint density at radius 3 is 3.09 bits per heavy atom. The van der Waals surface area contributed by atoms with E-state index in [0.717, 1.165) is 25.2 Å². The summed E-state index contributed by atoms with van der Waals surface area (Å²) < 4.78 is 40.1. The topological polar surface area (TPSA) is 82.5 Å². The summed E-state index contributed by atoms with van der Waals surface area (Å²) in [6.07, 6.45) is 5.47. The van der Waals surface area contributed by atoms with E-state index in [-0.39, 0.29) is 17.6 Å². The second-order valence-corrected chi connectivity index (χ2v) is 7.53. The van der Waals surface area contributed by atoms with E-state index in [2.05, 4.69) is 14.3 Å². The molecule has 0 saturated heterocycles. The molecule has 122 valence electrons. The fourth-order valence-corrected chi connectivity index (χ4v) is 4.08. The van der Waals surface area contributed by atoms with Crippen LogP contribution in [0.25, 0.3) is 0 Å². The van der Waals surface area contributed by atoms with Crippen molar-refractivity contribution in [1.29, 1.82) is 0 Å². The summed E-state index contributed by atoms with van der Waals surface area (Å²) in [5.41, 5.74) is 0. The van der Waals surface area contributed by atoms with Crippen molar-refractivity contribution in [3.05, 3.63) is 36.4 Å². The van der Waals surface area contributed by atoms with Crippen molar-refractivity contribution in [2.24, 2.45) is 5.92 Å². The van der Waals surface area contributed by atoms with Crippen LogP contribution in [0.3, 0.4) is 0 Å². The number of benzene rings is 1. The first kappa shape index (κ1) is 14.5. The Balaban J connectivity index is 1.44. The molecule has 0 fully saturated rings. The van der Waals surface area contributed by atoms with E-state index in [4.69, 9.17) is 9.47 Å². The van der Waals surface area contributed by atoms with Gasteiger partial charge in [0.05, 0.1) is 4.90 Å². The van der Waals surface area contributed by atoms with E-state index in [1.807, 2.05) is 6.20 Å². The first-order valence-corrected chi connectivity index (χ1v) is 8.99. The van der Waals surface area contributed by atoms with Gasteiger partial charge >= 0.3 is 0 Å². The first-order chi connectivity index (χ1) is 11.1. The van der Waals surface area contributed by atoms with Gasteiger partial charge in [-0.1, -0.05) is 0 Å². The molecule has 4 rings (SSSR count). The molecule has 7 nitrogen and oxygen atoms in total. The molecule has 0 aliphatic carbocycles. The smallest absolute Gasteiger partial charge is 0.240 e. The highest BCUT2D eigenvalue weighted by molar-refractivity contribution is 7.89. The molecule has 1 N–H and O–H groups in total. The van der Waals surface area contributed by atoms with E-state index in [9.17, 15) is 8.42 Å². The van der Waals surface area contributed by atoms with Crippen LogP contribution >= 0.6 is 0 Å². The SMILES string of the molecule is O=S(=O)(NCC1CCn2ccnc2C1)c1ccc2c(c1)OCO2. The molecule has 0 saturated carbocycles. The number of fused-ring (bicyclic) bond motifs is 2. The van der Waals surface area contributed by atoms with Gasteiger partial charge in [0.2, 0.25) is 16.8 Å². The maximum atomic E-state index is 12.4. The fraction of sp³-hybridized carbons (Fsp3) is 0.400. The predicted molar refractivity (Wildman–Crippen MR) is 81.8 cm³/mol. The van der Waals surface area contributed by atoms with Crippen LogP contribution < -0.4 is 14.2 Å². The van der Waals surface area contributed by atoms with Gasteiger partial charge < -0.3 is 14.0 Å². The molecular weight excluding hydrogens is 318 g/mol. The summed E-state index contributed by atoms with van der Waals surface area (Å²) in [6.45, 7) is 1.41. The zero-order valence-electron chi connectivity index (χ0n) is 12.4. The van der Waals surface area contributed by atoms with Crippen LogP contribution in [-0.2, 0) is 23.0 Å². The van der Waals surface area contributed by atoms with E-state index >= 15 is 0 Å². The van der Waals surface area contributed by atoms with Crippen LogP contribution in [0.1, 0.15) is 12.2 Å². The number of hydrogen-bond acceptors (Lipinski definition) is 5. The summed E-state index contributed by atoms with van der Waals surface area (Å²) in [7, 11) is -3.56. The van der Waals surface area contributed by atoms with Gasteiger partial charge in [0, 0.05) is 38.0 Å². The number of hydrogen-bond donors (Lipinski definition) is 1. The van der Waals surface area contributed by atoms with Gasteiger partial charge in [-0.2, -0.15) is 0 Å². The molecule has 2 aliphatic rings. The number of rotatable bonds is 4. The highest BCUT2D eigenvalue weighted by Gasteiger charge is 2.23. The average molecular weight is 335 g/mol. The zero-order chi connectivity index (χ0) is 15.9. The number of aryl methyl sites for hydroxylation is 1. The van der Waals surface area contributed by atoms with Gasteiger partial charge in [-0.25, -0.2) is 18.1 Å². The van der Waals surface area contributed by atoms with Crippen molar-refractivity contribution in [2.45, 2.75) is 24.3 Å². The van der Waals surface area contributed by atoms with Crippen molar-refractivity contribution in [3.63, 3.8) is 0 Å². The van der Waals surface area contributed by atoms with Gasteiger partial charge in [0.1, 0.15) is 5.82 Å². The molecule has 0 radical (unpaired) electrons. The van der Waals surface area contributed by atoms with Crippen molar-refractivity contribution >= 4 is 10.0 Å². The molecule has 2 aromatic rings. The lowest BCUT2D eigenvalue weighted by Crippen LogP contribution is -2.33. The van der Waals surface area contributed by atoms with Crippen LogP contribution in [0, 0.1) is 5.92 Å². The Kier molecular flexibility index (Phi) is 3.50. The third-order valence-corrected chi connectivity index (χ3v) is 5.69. The molecule has 8 heteroatoms. The normalized spacial score (nSPS) is 19.6. The van der Waals surface area contributed by atoms with Crippen molar-refractivity contribution in [3.8, 4) is 11.5 Å². The Morgan fingerprint density at radius 2 is 2.17 bits per heavy atom. The Bertz CT molecular complexity index is 831. The lowest BCUT2D eigenvalue weighted by atomic mass is 9.98. The molecule has 23 heavy (non-hydrogen) atoms. The minimum absolute atomic E-state index is 0.126. The second kappa shape index (κ2) is 5.54. The van der Waals surface area contributed by atoms with E-state index in [1.54, 1.807) is 12.3 Å². The van der Waals surface area contributed by atoms with Crippen LogP contribution in [0.2, 0.25) is 0 Å². The molecule has 1 unspecified atom stereocenters. The lowest BCUT2D eigenvalue weighted by molar-refractivity contribution is 0.174. The highest BCUT2D eigenvalue weighted by atomic mass is 32.2. The minimum atomic E-state index is -3.56. The minimum Gasteiger partial charge on any atom is -0.454 e. The third-order valence-electron chi connectivity index (χ3n) is 4.27. The highest BCUT2D eigenvalue weighted by Crippen LogP contribution is 2.33. The molecule has 1 aromatic heterocycles. The largest absolute Gasteiger partial charge is 0.454 e. The lowest BCUT2D eigenvalue weighted by Gasteiger charge is -2.23. The summed E-state index contributed by atoms with van der Waals surface area (Å²) >= 11 is 0. The fourth-order valence-electron chi connectivity index (χ4n) is 2.94. The van der Waals surface area contributed by atoms with Gasteiger partial charge in [0.15, 0.2) is 11.5 Å². The van der Waals surface area contributed by atoms with E-state index in [0.29, 0.717) is 18.0 Å². The van der Waals surface area contributed by atoms with Crippen LogP contribution in [0.15, 0.2) is 35.5 Å². The molecule has 0 bridgehead atoms. The van der Waals surface area contributed by atoms with Crippen molar-refractivity contribution in [1.82, 2.24) is 14.3 Å². The van der Waals surface area contributed by atoms with Crippen molar-refractivity contribution < 1.29 is 17.9 Å². The monoisotopic (exact) mass is 335 g/mol. The molecule has 1 aromatic carbocycles. The molecule has 1 atom stereocenters. The summed E-state index contributed by atoms with van der Waals surface area (Å²) in [6, 6.07) is 4.65. The number of aromatic nitrogens is 2. The summed E-state index contributed by atoms with van der Waals surface area (Å²) in [5, 5.41) is 0. The number of sulfonamides is 1. The second-order valence-electron chi connectivity index (χ2n) is 5.76. The van der Waals surface area contributed by atoms with E-state index in [1.165, 1.54) is 12.1 Å². The molecule has 0 spiro atoms. The number of nitrogens with one attached hydrogen (secondary N) is 1. The molecule has 2 aliphatic heterocycles. The standard InChI is InChI=1S/C15H17N3O4S/c19-23(20,12-1-2-13-14(8-12)22-10-21-13)17-9-11-3-5-18-6-4-16-15(18)7-11/h1-2,4,6,8,11,17H,3,5,7,9-10H2. The summed E-state index contributed by atoms with van der Waals surface area (Å²) in [5.74, 6) is 2.31. The van der Waals surface area contributed by atoms with Gasteiger partial charge in [-0.05, 0) is 24.5 Å². The predicted octanol–water partition coefficient (Wildman–Crippen LogP) is 1.15. The average Bonchev–Trinajstić information content (AvgIpc) is 3.20. The third kappa shape index (κ3) is 2.79.